The number of rotatable bonds is 4. The van der Waals surface area contributed by atoms with Crippen LogP contribution in [-0.4, -0.2) is 47.5 Å². The molecule has 2 aromatic rings. The summed E-state index contributed by atoms with van der Waals surface area (Å²) in [6.45, 7) is 1.72. The van der Waals surface area contributed by atoms with E-state index in [9.17, 15) is 22.8 Å². The predicted octanol–water partition coefficient (Wildman–Crippen LogP) is 3.01. The number of hydrogen-bond acceptors (Lipinski definition) is 4. The summed E-state index contributed by atoms with van der Waals surface area (Å²) in [6, 6.07) is 8.80. The number of alkyl halides is 3. The minimum absolute atomic E-state index is 0.0392. The number of anilines is 1. The minimum atomic E-state index is -4.65. The standard InChI is InChI=1S/C24H26F3N5O2/c1-30-8-2-3-21(30)23(34)31-9-6-15(7-10-31)18-13-32(14-19(18)22(29)33)17-5-4-16(12-28)20(11-17)24(25,26)27/h2-5,8,11,15,18-19H,6-7,9-10,13-14H2,1H3,(H2,29,33)/t18-,19+/m0/s1. The van der Waals surface area contributed by atoms with E-state index in [1.54, 1.807) is 26.5 Å². The third-order valence-corrected chi connectivity index (χ3v) is 7.12. The molecule has 10 heteroatoms. The topological polar surface area (TPSA) is 95.4 Å². The van der Waals surface area contributed by atoms with Crippen molar-refractivity contribution in [3.8, 4) is 6.07 Å². The minimum Gasteiger partial charge on any atom is -0.370 e. The fraction of sp³-hybridized carbons (Fsp3) is 0.458. The van der Waals surface area contributed by atoms with E-state index in [2.05, 4.69) is 0 Å². The zero-order chi connectivity index (χ0) is 24.6. The first kappa shape index (κ1) is 23.7. The fourth-order valence-corrected chi connectivity index (χ4v) is 5.26. The molecule has 180 valence electrons. The monoisotopic (exact) mass is 473 g/mol. The van der Waals surface area contributed by atoms with Gasteiger partial charge in [-0.3, -0.25) is 9.59 Å². The number of nitrogens with two attached hydrogens (primary N) is 1. The summed E-state index contributed by atoms with van der Waals surface area (Å²) >= 11 is 0. The Morgan fingerprint density at radius 3 is 2.41 bits per heavy atom. The highest BCUT2D eigenvalue weighted by Gasteiger charge is 2.43. The second-order valence-corrected chi connectivity index (χ2v) is 9.05. The van der Waals surface area contributed by atoms with Crippen molar-refractivity contribution in [1.29, 1.82) is 5.26 Å². The number of aryl methyl sites for hydroxylation is 1. The summed E-state index contributed by atoms with van der Waals surface area (Å²) in [5.41, 5.74) is 5.19. The van der Waals surface area contributed by atoms with Gasteiger partial charge in [0.25, 0.3) is 5.91 Å². The van der Waals surface area contributed by atoms with Crippen LogP contribution in [0.25, 0.3) is 0 Å². The van der Waals surface area contributed by atoms with Crippen molar-refractivity contribution in [3.63, 3.8) is 0 Å². The van der Waals surface area contributed by atoms with Crippen LogP contribution in [0.3, 0.4) is 0 Å². The molecule has 2 N–H and O–H groups in total. The van der Waals surface area contributed by atoms with Crippen LogP contribution in [0.15, 0.2) is 36.5 Å². The zero-order valence-corrected chi connectivity index (χ0v) is 18.8. The lowest BCUT2D eigenvalue weighted by Crippen LogP contribution is -2.43. The van der Waals surface area contributed by atoms with Gasteiger partial charge in [0.15, 0.2) is 0 Å². The number of carbonyl (C=O) groups is 2. The number of amides is 2. The van der Waals surface area contributed by atoms with Gasteiger partial charge in [0.05, 0.1) is 23.1 Å². The second kappa shape index (κ2) is 9.05. The first-order chi connectivity index (χ1) is 16.1. The maximum Gasteiger partial charge on any atom is 0.417 e. The highest BCUT2D eigenvalue weighted by molar-refractivity contribution is 5.92. The van der Waals surface area contributed by atoms with Gasteiger partial charge < -0.3 is 20.1 Å². The smallest absolute Gasteiger partial charge is 0.370 e. The highest BCUT2D eigenvalue weighted by atomic mass is 19.4. The van der Waals surface area contributed by atoms with Crippen molar-refractivity contribution in [2.75, 3.05) is 31.1 Å². The first-order valence-corrected chi connectivity index (χ1v) is 11.2. The lowest BCUT2D eigenvalue weighted by molar-refractivity contribution is -0.137. The van der Waals surface area contributed by atoms with E-state index in [0.29, 0.717) is 43.9 Å². The van der Waals surface area contributed by atoms with Crippen molar-refractivity contribution < 1.29 is 22.8 Å². The van der Waals surface area contributed by atoms with Gasteiger partial charge in [-0.25, -0.2) is 0 Å². The van der Waals surface area contributed by atoms with Crippen LogP contribution in [0.1, 0.15) is 34.5 Å². The number of likely N-dealkylation sites (tertiary alicyclic amines) is 1. The molecule has 2 fully saturated rings. The van der Waals surface area contributed by atoms with E-state index in [4.69, 9.17) is 11.0 Å². The number of hydrogen-bond donors (Lipinski definition) is 1. The molecular weight excluding hydrogens is 447 g/mol. The quantitative estimate of drug-likeness (QED) is 0.739. The van der Waals surface area contributed by atoms with E-state index in [-0.39, 0.29) is 24.3 Å². The number of halogens is 3. The number of nitrogens with zero attached hydrogens (tertiary/aromatic N) is 4. The average Bonchev–Trinajstić information content (AvgIpc) is 3.44. The largest absolute Gasteiger partial charge is 0.417 e. The Bertz CT molecular complexity index is 1130. The molecule has 2 atom stereocenters. The average molecular weight is 473 g/mol. The van der Waals surface area contributed by atoms with Gasteiger partial charge >= 0.3 is 6.18 Å². The lowest BCUT2D eigenvalue weighted by atomic mass is 9.78. The van der Waals surface area contributed by atoms with Gasteiger partial charge in [0.1, 0.15) is 5.69 Å². The molecule has 7 nitrogen and oxygen atoms in total. The maximum atomic E-state index is 13.4. The molecule has 2 aliphatic heterocycles. The van der Waals surface area contributed by atoms with Gasteiger partial charge in [-0.05, 0) is 55.0 Å². The van der Waals surface area contributed by atoms with Crippen molar-refractivity contribution >= 4 is 17.5 Å². The number of piperidine rings is 1. The summed E-state index contributed by atoms with van der Waals surface area (Å²) < 4.78 is 42.1. The molecule has 34 heavy (non-hydrogen) atoms. The van der Waals surface area contributed by atoms with Crippen molar-refractivity contribution in [3.05, 3.63) is 53.3 Å². The second-order valence-electron chi connectivity index (χ2n) is 9.05. The van der Waals surface area contributed by atoms with Crippen molar-refractivity contribution in [2.45, 2.75) is 19.0 Å². The molecule has 0 aliphatic carbocycles. The Labute approximate surface area is 195 Å². The molecule has 0 radical (unpaired) electrons. The fourth-order valence-electron chi connectivity index (χ4n) is 5.26. The maximum absolute atomic E-state index is 13.4. The molecule has 2 amide bonds. The normalized spacial score (nSPS) is 21.5. The number of primary amides is 1. The van der Waals surface area contributed by atoms with Crippen LogP contribution >= 0.6 is 0 Å². The van der Waals surface area contributed by atoms with Crippen LogP contribution in [0.5, 0.6) is 0 Å². The molecule has 1 aromatic carbocycles. The number of carbonyl (C=O) groups excluding carboxylic acids is 2. The van der Waals surface area contributed by atoms with Gasteiger partial charge in [0.2, 0.25) is 5.91 Å². The van der Waals surface area contributed by atoms with Gasteiger partial charge in [-0.15, -0.1) is 0 Å². The third-order valence-electron chi connectivity index (χ3n) is 7.12. The molecular formula is C24H26F3N5O2. The summed E-state index contributed by atoms with van der Waals surface area (Å²) in [4.78, 5) is 28.6. The Hall–Kier alpha value is -3.48. The van der Waals surface area contributed by atoms with E-state index in [1.807, 2.05) is 19.3 Å². The lowest BCUT2D eigenvalue weighted by Gasteiger charge is -2.36. The van der Waals surface area contributed by atoms with Crippen LogP contribution in [0.4, 0.5) is 18.9 Å². The molecule has 3 heterocycles. The number of benzene rings is 1. The molecule has 2 saturated heterocycles. The number of aromatic nitrogens is 1. The van der Waals surface area contributed by atoms with Gasteiger partial charge in [-0.2, -0.15) is 18.4 Å². The highest BCUT2D eigenvalue weighted by Crippen LogP contribution is 2.40. The molecule has 0 unspecified atom stereocenters. The molecule has 0 bridgehead atoms. The molecule has 2 aliphatic rings. The Balaban J connectivity index is 1.49. The number of nitriles is 1. The molecule has 1 aromatic heterocycles. The van der Waals surface area contributed by atoms with Crippen LogP contribution < -0.4 is 10.6 Å². The summed E-state index contributed by atoms with van der Waals surface area (Å²) in [5, 5.41) is 9.05. The Morgan fingerprint density at radius 2 is 1.85 bits per heavy atom. The Morgan fingerprint density at radius 1 is 1.15 bits per heavy atom. The van der Waals surface area contributed by atoms with E-state index in [1.165, 1.54) is 12.1 Å². The predicted molar refractivity (Wildman–Crippen MR) is 119 cm³/mol. The summed E-state index contributed by atoms with van der Waals surface area (Å²) in [6.07, 6.45) is -1.45. The summed E-state index contributed by atoms with van der Waals surface area (Å²) in [7, 11) is 1.82. The third kappa shape index (κ3) is 4.47. The molecule has 0 spiro atoms. The van der Waals surface area contributed by atoms with Gasteiger partial charge in [-0.1, -0.05) is 0 Å². The van der Waals surface area contributed by atoms with E-state index >= 15 is 0 Å². The van der Waals surface area contributed by atoms with Gasteiger partial charge in [0, 0.05) is 45.1 Å². The SMILES string of the molecule is Cn1cccc1C(=O)N1CCC([C@@H]2CN(c3ccc(C#N)c(C(F)(F)F)c3)C[C@H]2C(N)=O)CC1. The molecule has 0 saturated carbocycles. The first-order valence-electron chi connectivity index (χ1n) is 11.2. The molecule has 4 rings (SSSR count). The van der Waals surface area contributed by atoms with E-state index < -0.39 is 29.1 Å². The van der Waals surface area contributed by atoms with Crippen LogP contribution in [0, 0.1) is 29.1 Å². The van der Waals surface area contributed by atoms with Crippen LogP contribution in [0.2, 0.25) is 0 Å². The zero-order valence-electron chi connectivity index (χ0n) is 18.8. The van der Waals surface area contributed by atoms with Crippen molar-refractivity contribution in [2.24, 2.45) is 30.5 Å². The summed E-state index contributed by atoms with van der Waals surface area (Å²) in [5.74, 6) is -0.998. The Kier molecular flexibility index (Phi) is 6.30. The van der Waals surface area contributed by atoms with E-state index in [0.717, 1.165) is 6.07 Å². The van der Waals surface area contributed by atoms with Crippen molar-refractivity contribution in [1.82, 2.24) is 9.47 Å². The van der Waals surface area contributed by atoms with Crippen LogP contribution in [-0.2, 0) is 18.0 Å².